The Balaban J connectivity index is 1.67. The second-order valence-corrected chi connectivity index (χ2v) is 7.39. The van der Waals surface area contributed by atoms with Crippen LogP contribution in [-0.2, 0) is 0 Å². The molecule has 0 bridgehead atoms. The molecule has 2 amide bonds. The first-order chi connectivity index (χ1) is 12.5. The number of carbonyl (C=O) groups is 1. The minimum atomic E-state index is -0.00665. The van der Waals surface area contributed by atoms with E-state index in [1.165, 1.54) is 16.8 Å². The van der Waals surface area contributed by atoms with E-state index in [9.17, 15) is 4.79 Å². The third kappa shape index (κ3) is 3.85. The van der Waals surface area contributed by atoms with Crippen molar-refractivity contribution in [3.63, 3.8) is 0 Å². The van der Waals surface area contributed by atoms with Crippen LogP contribution in [0.4, 0.5) is 16.2 Å². The molecule has 0 unspecified atom stereocenters. The number of rotatable bonds is 3. The van der Waals surface area contributed by atoms with Crippen LogP contribution in [0.25, 0.3) is 0 Å². The summed E-state index contributed by atoms with van der Waals surface area (Å²) in [5.41, 5.74) is 6.03. The molecule has 138 valence electrons. The zero-order valence-corrected chi connectivity index (χ0v) is 16.2. The molecule has 1 aliphatic heterocycles. The third-order valence-electron chi connectivity index (χ3n) is 5.16. The average Bonchev–Trinajstić information content (AvgIpc) is 2.63. The van der Waals surface area contributed by atoms with E-state index in [0.29, 0.717) is 5.92 Å². The van der Waals surface area contributed by atoms with Gasteiger partial charge in [0.25, 0.3) is 0 Å². The first kappa shape index (κ1) is 18.3. The number of piperazine rings is 1. The second kappa shape index (κ2) is 7.81. The maximum atomic E-state index is 12.6. The molecule has 0 saturated carbocycles. The van der Waals surface area contributed by atoms with Crippen molar-refractivity contribution in [1.29, 1.82) is 0 Å². The number of hydrogen-bond donors (Lipinski definition) is 1. The first-order valence-corrected chi connectivity index (χ1v) is 9.43. The molecule has 4 heteroatoms. The number of nitrogens with zero attached hydrogens (tertiary/aromatic N) is 2. The van der Waals surface area contributed by atoms with Crippen molar-refractivity contribution < 1.29 is 4.79 Å². The molecule has 0 atom stereocenters. The van der Waals surface area contributed by atoms with Crippen LogP contribution in [0.2, 0.25) is 0 Å². The fourth-order valence-corrected chi connectivity index (χ4v) is 3.62. The molecule has 3 rings (SSSR count). The van der Waals surface area contributed by atoms with Gasteiger partial charge in [0.1, 0.15) is 0 Å². The molecule has 0 radical (unpaired) electrons. The Bertz CT molecular complexity index is 777. The summed E-state index contributed by atoms with van der Waals surface area (Å²) in [5, 5.41) is 3.04. The molecule has 26 heavy (non-hydrogen) atoms. The molecule has 0 aliphatic carbocycles. The van der Waals surface area contributed by atoms with Gasteiger partial charge in [0.05, 0.1) is 0 Å². The van der Waals surface area contributed by atoms with Crippen LogP contribution in [0, 0.1) is 13.8 Å². The predicted molar refractivity (Wildman–Crippen MR) is 109 cm³/mol. The van der Waals surface area contributed by atoms with E-state index in [1.54, 1.807) is 0 Å². The van der Waals surface area contributed by atoms with Crippen LogP contribution in [0.5, 0.6) is 0 Å². The van der Waals surface area contributed by atoms with Gasteiger partial charge in [-0.3, -0.25) is 0 Å². The molecule has 2 aromatic rings. The number of aryl methyl sites for hydroxylation is 2. The van der Waals surface area contributed by atoms with Gasteiger partial charge in [0.2, 0.25) is 0 Å². The summed E-state index contributed by atoms with van der Waals surface area (Å²) < 4.78 is 0. The van der Waals surface area contributed by atoms with Crippen LogP contribution in [-0.4, -0.2) is 37.1 Å². The van der Waals surface area contributed by atoms with Gasteiger partial charge in [-0.25, -0.2) is 4.79 Å². The lowest BCUT2D eigenvalue weighted by molar-refractivity contribution is 0.208. The summed E-state index contributed by atoms with van der Waals surface area (Å²) in [6.45, 7) is 11.9. The average molecular weight is 351 g/mol. The Morgan fingerprint density at radius 1 is 0.923 bits per heavy atom. The Kier molecular flexibility index (Phi) is 5.50. The quantitative estimate of drug-likeness (QED) is 0.864. The highest BCUT2D eigenvalue weighted by atomic mass is 16.2. The minimum absolute atomic E-state index is 0.00665. The Morgan fingerprint density at radius 2 is 1.58 bits per heavy atom. The van der Waals surface area contributed by atoms with Crippen molar-refractivity contribution in [2.75, 3.05) is 36.4 Å². The summed E-state index contributed by atoms with van der Waals surface area (Å²) in [6.07, 6.45) is 0. The summed E-state index contributed by atoms with van der Waals surface area (Å²) >= 11 is 0. The van der Waals surface area contributed by atoms with E-state index < -0.39 is 0 Å². The Labute approximate surface area is 156 Å². The Hall–Kier alpha value is -2.49. The molecule has 0 spiro atoms. The number of nitrogens with one attached hydrogen (secondary N) is 1. The van der Waals surface area contributed by atoms with E-state index >= 15 is 0 Å². The third-order valence-corrected chi connectivity index (χ3v) is 5.16. The van der Waals surface area contributed by atoms with E-state index in [0.717, 1.165) is 37.4 Å². The summed E-state index contributed by atoms with van der Waals surface area (Å²) in [4.78, 5) is 16.9. The van der Waals surface area contributed by atoms with Crippen molar-refractivity contribution >= 4 is 17.4 Å². The van der Waals surface area contributed by atoms with Gasteiger partial charge in [-0.2, -0.15) is 0 Å². The SMILES string of the molecule is Cc1ccccc1NC(=O)N1CCN(c2c(C)cccc2C(C)C)CC1. The number of amides is 2. The standard InChI is InChI=1S/C22H29N3O/c1-16(2)19-10-7-9-18(4)21(19)24-12-14-25(15-13-24)22(26)23-20-11-6-5-8-17(20)3/h5-11,16H,12-15H2,1-4H3,(H,23,26). The maximum Gasteiger partial charge on any atom is 0.321 e. The molecular formula is C22H29N3O. The fraction of sp³-hybridized carbons (Fsp3) is 0.409. The zero-order chi connectivity index (χ0) is 18.7. The first-order valence-electron chi connectivity index (χ1n) is 9.43. The molecule has 1 fully saturated rings. The molecular weight excluding hydrogens is 322 g/mol. The summed E-state index contributed by atoms with van der Waals surface area (Å²) in [7, 11) is 0. The molecule has 1 heterocycles. The van der Waals surface area contributed by atoms with Crippen molar-refractivity contribution in [1.82, 2.24) is 4.90 Å². The molecule has 1 saturated heterocycles. The Morgan fingerprint density at radius 3 is 2.23 bits per heavy atom. The van der Waals surface area contributed by atoms with Crippen LogP contribution in [0.1, 0.15) is 36.5 Å². The topological polar surface area (TPSA) is 35.6 Å². The van der Waals surface area contributed by atoms with Crippen molar-refractivity contribution in [2.45, 2.75) is 33.6 Å². The van der Waals surface area contributed by atoms with Gasteiger partial charge >= 0.3 is 6.03 Å². The molecule has 1 N–H and O–H groups in total. The lowest BCUT2D eigenvalue weighted by atomic mass is 9.97. The maximum absolute atomic E-state index is 12.6. The van der Waals surface area contributed by atoms with E-state index in [4.69, 9.17) is 0 Å². The normalized spacial score (nSPS) is 14.7. The van der Waals surface area contributed by atoms with Crippen LogP contribution in [0.15, 0.2) is 42.5 Å². The van der Waals surface area contributed by atoms with Gasteiger partial charge in [0, 0.05) is 37.6 Å². The number of urea groups is 1. The van der Waals surface area contributed by atoms with E-state index in [1.807, 2.05) is 36.1 Å². The highest BCUT2D eigenvalue weighted by Gasteiger charge is 2.24. The molecule has 4 nitrogen and oxygen atoms in total. The smallest absolute Gasteiger partial charge is 0.321 e. The van der Waals surface area contributed by atoms with Crippen LogP contribution in [0.3, 0.4) is 0 Å². The lowest BCUT2D eigenvalue weighted by Crippen LogP contribution is -2.50. The predicted octanol–water partition coefficient (Wildman–Crippen LogP) is 4.78. The van der Waals surface area contributed by atoms with E-state index in [2.05, 4.69) is 49.2 Å². The number of para-hydroxylation sites is 2. The van der Waals surface area contributed by atoms with Gasteiger partial charge < -0.3 is 15.1 Å². The fourth-order valence-electron chi connectivity index (χ4n) is 3.62. The van der Waals surface area contributed by atoms with Crippen molar-refractivity contribution in [2.24, 2.45) is 0 Å². The second-order valence-electron chi connectivity index (χ2n) is 7.39. The largest absolute Gasteiger partial charge is 0.368 e. The monoisotopic (exact) mass is 351 g/mol. The van der Waals surface area contributed by atoms with Gasteiger partial charge in [-0.1, -0.05) is 50.2 Å². The van der Waals surface area contributed by atoms with Gasteiger partial charge in [-0.15, -0.1) is 0 Å². The minimum Gasteiger partial charge on any atom is -0.368 e. The number of benzene rings is 2. The summed E-state index contributed by atoms with van der Waals surface area (Å²) in [6, 6.07) is 14.4. The van der Waals surface area contributed by atoms with Crippen LogP contribution >= 0.6 is 0 Å². The van der Waals surface area contributed by atoms with Crippen LogP contribution < -0.4 is 10.2 Å². The zero-order valence-electron chi connectivity index (χ0n) is 16.2. The highest BCUT2D eigenvalue weighted by molar-refractivity contribution is 5.90. The molecule has 0 aromatic heterocycles. The van der Waals surface area contributed by atoms with Gasteiger partial charge in [0.15, 0.2) is 0 Å². The lowest BCUT2D eigenvalue weighted by Gasteiger charge is -2.38. The summed E-state index contributed by atoms with van der Waals surface area (Å²) in [5.74, 6) is 0.493. The molecule has 2 aromatic carbocycles. The van der Waals surface area contributed by atoms with Gasteiger partial charge in [-0.05, 0) is 42.5 Å². The number of carbonyl (C=O) groups excluding carboxylic acids is 1. The number of hydrogen-bond acceptors (Lipinski definition) is 2. The van der Waals surface area contributed by atoms with Crippen molar-refractivity contribution in [3.8, 4) is 0 Å². The highest BCUT2D eigenvalue weighted by Crippen LogP contribution is 2.31. The van der Waals surface area contributed by atoms with Crippen molar-refractivity contribution in [3.05, 3.63) is 59.2 Å². The van der Waals surface area contributed by atoms with E-state index in [-0.39, 0.29) is 6.03 Å². The molecule has 1 aliphatic rings. The number of anilines is 2.